The zero-order valence-corrected chi connectivity index (χ0v) is 16.1. The van der Waals surface area contributed by atoms with E-state index in [9.17, 15) is 4.79 Å². The largest absolute Gasteiger partial charge is 0.324 e. The van der Waals surface area contributed by atoms with Gasteiger partial charge in [-0.2, -0.15) is 4.68 Å². The molecule has 3 rings (SSSR count). The molecule has 0 unspecified atom stereocenters. The minimum Gasteiger partial charge on any atom is -0.324 e. The van der Waals surface area contributed by atoms with Crippen molar-refractivity contribution in [2.24, 2.45) is 0 Å². The lowest BCUT2D eigenvalue weighted by atomic mass is 10.2. The zero-order valence-electron chi connectivity index (χ0n) is 13.7. The lowest BCUT2D eigenvalue weighted by Crippen LogP contribution is -2.15. The van der Waals surface area contributed by atoms with Crippen LogP contribution < -0.4 is 5.32 Å². The Morgan fingerprint density at radius 2 is 2.04 bits per heavy atom. The van der Waals surface area contributed by atoms with Gasteiger partial charge in [0.15, 0.2) is 0 Å². The summed E-state index contributed by atoms with van der Waals surface area (Å²) in [4.78, 5) is 12.2. The van der Waals surface area contributed by atoms with Crippen molar-refractivity contribution in [2.75, 3.05) is 11.1 Å². The molecule has 6 nitrogen and oxygen atoms in total. The number of aryl methyl sites for hydroxylation is 2. The minimum absolute atomic E-state index is 0.117. The van der Waals surface area contributed by atoms with Gasteiger partial charge in [-0.15, -0.1) is 5.10 Å². The lowest BCUT2D eigenvalue weighted by molar-refractivity contribution is -0.113. The predicted octanol–water partition coefficient (Wildman–Crippen LogP) is 3.77. The molecule has 1 aromatic heterocycles. The minimum atomic E-state index is -0.117. The van der Waals surface area contributed by atoms with Gasteiger partial charge in [0.05, 0.1) is 17.1 Å². The summed E-state index contributed by atoms with van der Waals surface area (Å²) in [6.45, 7) is 3.99. The van der Waals surface area contributed by atoms with Crippen molar-refractivity contribution in [3.63, 3.8) is 0 Å². The zero-order chi connectivity index (χ0) is 17.8. The van der Waals surface area contributed by atoms with E-state index in [1.165, 1.54) is 11.8 Å². The molecule has 0 fully saturated rings. The van der Waals surface area contributed by atoms with Crippen LogP contribution in [0.5, 0.6) is 0 Å². The Morgan fingerprint density at radius 1 is 1.24 bits per heavy atom. The molecule has 0 aliphatic rings. The van der Waals surface area contributed by atoms with Gasteiger partial charge in [-0.05, 0) is 69.5 Å². The number of para-hydroxylation sites is 1. The summed E-state index contributed by atoms with van der Waals surface area (Å²) in [6.07, 6.45) is 0. The second-order valence-corrected chi connectivity index (χ2v) is 7.28. The molecule has 3 aromatic rings. The number of thioether (sulfide) groups is 1. The van der Waals surface area contributed by atoms with Gasteiger partial charge in [-0.25, -0.2) is 0 Å². The quantitative estimate of drug-likeness (QED) is 0.639. The van der Waals surface area contributed by atoms with Crippen molar-refractivity contribution in [3.05, 3.63) is 58.1 Å². The molecule has 0 saturated carbocycles. The van der Waals surface area contributed by atoms with Gasteiger partial charge in [0, 0.05) is 4.47 Å². The Hall–Kier alpha value is -2.19. The Kier molecular flexibility index (Phi) is 5.50. The molecule has 2 aromatic carbocycles. The summed E-state index contributed by atoms with van der Waals surface area (Å²) < 4.78 is 2.50. The van der Waals surface area contributed by atoms with Crippen LogP contribution in [-0.2, 0) is 4.79 Å². The number of nitrogens with one attached hydrogen (secondary N) is 1. The van der Waals surface area contributed by atoms with E-state index in [0.717, 1.165) is 27.0 Å². The SMILES string of the molecule is Cc1ccc(NC(=O)CSc2nnnn2-c2ccccc2C)c(Br)c1. The van der Waals surface area contributed by atoms with Crippen LogP contribution in [0.4, 0.5) is 5.69 Å². The third kappa shape index (κ3) is 4.26. The van der Waals surface area contributed by atoms with Crippen LogP contribution in [0.25, 0.3) is 5.69 Å². The molecular formula is C17H16BrN5OS. The number of halogens is 1. The monoisotopic (exact) mass is 417 g/mol. The molecule has 0 aliphatic heterocycles. The number of nitrogens with zero attached hydrogens (tertiary/aromatic N) is 4. The molecule has 0 aliphatic carbocycles. The van der Waals surface area contributed by atoms with Crippen molar-refractivity contribution >= 4 is 39.3 Å². The molecule has 1 amide bonds. The molecule has 0 spiro atoms. The smallest absolute Gasteiger partial charge is 0.234 e. The second-order valence-electron chi connectivity index (χ2n) is 5.48. The summed E-state index contributed by atoms with van der Waals surface area (Å²) in [5.41, 5.74) is 3.83. The Morgan fingerprint density at radius 3 is 2.80 bits per heavy atom. The van der Waals surface area contributed by atoms with Gasteiger partial charge in [-0.3, -0.25) is 4.79 Å². The fourth-order valence-electron chi connectivity index (χ4n) is 2.26. The van der Waals surface area contributed by atoms with Gasteiger partial charge < -0.3 is 5.32 Å². The first-order valence-corrected chi connectivity index (χ1v) is 9.35. The van der Waals surface area contributed by atoms with E-state index in [-0.39, 0.29) is 11.7 Å². The van der Waals surface area contributed by atoms with E-state index in [4.69, 9.17) is 0 Å². The molecule has 0 atom stereocenters. The standard InChI is InChI=1S/C17H16BrN5OS/c1-11-7-8-14(13(18)9-11)19-16(24)10-25-17-20-21-22-23(17)15-6-4-3-5-12(15)2/h3-9H,10H2,1-2H3,(H,19,24). The predicted molar refractivity (Wildman–Crippen MR) is 102 cm³/mol. The fourth-order valence-corrected chi connectivity index (χ4v) is 3.54. The maximum absolute atomic E-state index is 12.2. The van der Waals surface area contributed by atoms with Crippen molar-refractivity contribution in [1.82, 2.24) is 20.2 Å². The van der Waals surface area contributed by atoms with E-state index in [1.807, 2.05) is 56.3 Å². The van der Waals surface area contributed by atoms with Gasteiger partial charge in [0.25, 0.3) is 0 Å². The van der Waals surface area contributed by atoms with Crippen LogP contribution in [0.3, 0.4) is 0 Å². The number of benzene rings is 2. The Bertz CT molecular complexity index is 912. The summed E-state index contributed by atoms with van der Waals surface area (Å²) in [6, 6.07) is 13.6. The number of aromatic nitrogens is 4. The van der Waals surface area contributed by atoms with Crippen molar-refractivity contribution in [3.8, 4) is 5.69 Å². The Labute approximate surface area is 158 Å². The van der Waals surface area contributed by atoms with E-state index in [0.29, 0.717) is 5.16 Å². The molecule has 1 heterocycles. The molecule has 8 heteroatoms. The molecule has 0 radical (unpaired) electrons. The molecule has 1 N–H and O–H groups in total. The maximum atomic E-state index is 12.2. The number of tetrazole rings is 1. The first kappa shape index (κ1) is 17.6. The summed E-state index contributed by atoms with van der Waals surface area (Å²) in [7, 11) is 0. The van der Waals surface area contributed by atoms with E-state index < -0.39 is 0 Å². The van der Waals surface area contributed by atoms with Gasteiger partial charge in [0.2, 0.25) is 11.1 Å². The summed E-state index contributed by atoms with van der Waals surface area (Å²) in [5.74, 6) is 0.0981. The number of rotatable bonds is 5. The summed E-state index contributed by atoms with van der Waals surface area (Å²) >= 11 is 4.75. The average Bonchev–Trinajstić information content (AvgIpc) is 3.04. The highest BCUT2D eigenvalue weighted by molar-refractivity contribution is 9.10. The topological polar surface area (TPSA) is 72.7 Å². The second kappa shape index (κ2) is 7.79. The maximum Gasteiger partial charge on any atom is 0.234 e. The molecule has 25 heavy (non-hydrogen) atoms. The number of hydrogen-bond donors (Lipinski definition) is 1. The van der Waals surface area contributed by atoms with Crippen molar-refractivity contribution < 1.29 is 4.79 Å². The molecule has 128 valence electrons. The van der Waals surface area contributed by atoms with Crippen LogP contribution in [0, 0.1) is 13.8 Å². The average molecular weight is 418 g/mol. The fraction of sp³-hybridized carbons (Fsp3) is 0.176. The van der Waals surface area contributed by atoms with E-state index in [1.54, 1.807) is 4.68 Å². The highest BCUT2D eigenvalue weighted by Crippen LogP contribution is 2.24. The number of amides is 1. The highest BCUT2D eigenvalue weighted by atomic mass is 79.9. The van der Waals surface area contributed by atoms with Crippen LogP contribution in [0.15, 0.2) is 52.1 Å². The Balaban J connectivity index is 1.67. The molecular weight excluding hydrogens is 402 g/mol. The first-order chi connectivity index (χ1) is 12.0. The van der Waals surface area contributed by atoms with Gasteiger partial charge >= 0.3 is 0 Å². The highest BCUT2D eigenvalue weighted by Gasteiger charge is 2.13. The van der Waals surface area contributed by atoms with Crippen LogP contribution in [-0.4, -0.2) is 31.9 Å². The third-order valence-corrected chi connectivity index (χ3v) is 5.09. The number of carbonyl (C=O) groups excluding carboxylic acids is 1. The van der Waals surface area contributed by atoms with Crippen LogP contribution >= 0.6 is 27.7 Å². The molecule has 0 bridgehead atoms. The molecule has 0 saturated heterocycles. The van der Waals surface area contributed by atoms with E-state index in [2.05, 4.69) is 36.8 Å². The van der Waals surface area contributed by atoms with E-state index >= 15 is 0 Å². The van der Waals surface area contributed by atoms with Crippen molar-refractivity contribution in [1.29, 1.82) is 0 Å². The number of anilines is 1. The van der Waals surface area contributed by atoms with Crippen molar-refractivity contribution in [2.45, 2.75) is 19.0 Å². The normalized spacial score (nSPS) is 10.7. The number of carbonyl (C=O) groups is 1. The van der Waals surface area contributed by atoms with Crippen LogP contribution in [0.2, 0.25) is 0 Å². The van der Waals surface area contributed by atoms with Gasteiger partial charge in [-0.1, -0.05) is 36.0 Å². The lowest BCUT2D eigenvalue weighted by Gasteiger charge is -2.09. The van der Waals surface area contributed by atoms with Crippen LogP contribution in [0.1, 0.15) is 11.1 Å². The first-order valence-electron chi connectivity index (χ1n) is 7.58. The van der Waals surface area contributed by atoms with Gasteiger partial charge in [0.1, 0.15) is 0 Å². The summed E-state index contributed by atoms with van der Waals surface area (Å²) in [5, 5.41) is 15.2. The number of hydrogen-bond acceptors (Lipinski definition) is 5. The third-order valence-electron chi connectivity index (χ3n) is 3.52.